The Morgan fingerprint density at radius 2 is 1.57 bits per heavy atom. The normalized spacial score (nSPS) is 15.4. The van der Waals surface area contributed by atoms with Gasteiger partial charge >= 0.3 is 0 Å². The van der Waals surface area contributed by atoms with Crippen LogP contribution in [0.25, 0.3) is 0 Å². The Balaban J connectivity index is 2.50. The fourth-order valence-electron chi connectivity index (χ4n) is 1.47. The molecule has 1 aromatic carbocycles. The van der Waals surface area contributed by atoms with E-state index in [-0.39, 0.29) is 11.5 Å². The predicted molar refractivity (Wildman–Crippen MR) is 91.7 cm³/mol. The highest BCUT2D eigenvalue weighted by Gasteiger charge is 2.28. The Kier molecular flexibility index (Phi) is 7.05. The number of carbonyl (C=O) groups is 2. The van der Waals surface area contributed by atoms with E-state index in [0.29, 0.717) is 17.4 Å². The van der Waals surface area contributed by atoms with Gasteiger partial charge in [-0.25, -0.2) is 0 Å². The lowest BCUT2D eigenvalue weighted by Gasteiger charge is -2.29. The number of thioether (sulfide) groups is 1. The van der Waals surface area contributed by atoms with Crippen LogP contribution in [0.4, 0.5) is 5.69 Å². The number of anilines is 1. The smallest absolute Gasteiger partial charge is 0.263 e. The van der Waals surface area contributed by atoms with Crippen LogP contribution in [0.1, 0.15) is 27.7 Å². The molecule has 0 aromatic heterocycles. The molecule has 4 N–H and O–H groups in total. The first-order valence-electron chi connectivity index (χ1n) is 7.29. The largest absolute Gasteiger partial charge is 0.373 e. The highest BCUT2D eigenvalue weighted by molar-refractivity contribution is 8.01. The molecule has 0 saturated heterocycles. The molecule has 0 radical (unpaired) electrons. The van der Waals surface area contributed by atoms with Crippen LogP contribution < -0.4 is 10.6 Å². The minimum absolute atomic E-state index is 0.163. The number of hydrogen-bond donors (Lipinski definition) is 4. The van der Waals surface area contributed by atoms with Crippen molar-refractivity contribution in [2.24, 2.45) is 5.41 Å². The summed E-state index contributed by atoms with van der Waals surface area (Å²) in [5, 5.41) is 24.8. The first kappa shape index (κ1) is 19.5. The lowest BCUT2D eigenvalue weighted by molar-refractivity contribution is -0.126. The van der Waals surface area contributed by atoms with E-state index < -0.39 is 22.7 Å². The predicted octanol–water partition coefficient (Wildman–Crippen LogP) is 1.55. The van der Waals surface area contributed by atoms with Gasteiger partial charge in [0.05, 0.1) is 0 Å². The molecule has 0 fully saturated rings. The number of nitrogens with one attached hydrogen (secondary N) is 2. The Bertz CT molecular complexity index is 531. The van der Waals surface area contributed by atoms with E-state index >= 15 is 0 Å². The summed E-state index contributed by atoms with van der Waals surface area (Å²) in [6.45, 7) is 7.70. The number of hydrogen-bond acceptors (Lipinski definition) is 5. The molecule has 3 unspecified atom stereocenters. The average Bonchev–Trinajstić information content (AvgIpc) is 2.46. The van der Waals surface area contributed by atoms with E-state index in [4.69, 9.17) is 0 Å². The molecule has 0 bridgehead atoms. The zero-order valence-corrected chi connectivity index (χ0v) is 14.6. The zero-order valence-electron chi connectivity index (χ0n) is 13.7. The summed E-state index contributed by atoms with van der Waals surface area (Å²) < 4.78 is 0. The molecule has 3 atom stereocenters. The molecule has 0 aliphatic carbocycles. The summed E-state index contributed by atoms with van der Waals surface area (Å²) in [5.41, 5.74) is -2.72. The van der Waals surface area contributed by atoms with Crippen LogP contribution in [0.5, 0.6) is 0 Å². The lowest BCUT2D eigenvalue weighted by atomic mass is 9.88. The van der Waals surface area contributed by atoms with Crippen molar-refractivity contribution in [1.82, 2.24) is 5.32 Å². The summed E-state index contributed by atoms with van der Waals surface area (Å²) in [6, 6.07) is 8.45. The second-order valence-corrected chi connectivity index (χ2v) is 7.46. The van der Waals surface area contributed by atoms with Crippen LogP contribution in [-0.2, 0) is 9.59 Å². The molecule has 0 aliphatic rings. The van der Waals surface area contributed by atoms with E-state index in [0.717, 1.165) is 0 Å². The van der Waals surface area contributed by atoms with Crippen molar-refractivity contribution >= 4 is 29.3 Å². The number of aliphatic hydroxyl groups is 2. The van der Waals surface area contributed by atoms with Crippen molar-refractivity contribution in [2.75, 3.05) is 5.32 Å². The highest BCUT2D eigenvalue weighted by atomic mass is 32.2. The number of aliphatic hydroxyl groups excluding tert-OH is 2. The second kappa shape index (κ2) is 8.33. The Hall–Kier alpha value is -1.57. The second-order valence-electron chi connectivity index (χ2n) is 6.29. The fraction of sp³-hybridized carbons (Fsp3) is 0.500. The maximum absolute atomic E-state index is 11.9. The van der Waals surface area contributed by atoms with E-state index in [9.17, 15) is 19.8 Å². The van der Waals surface area contributed by atoms with E-state index in [1.165, 1.54) is 0 Å². The summed E-state index contributed by atoms with van der Waals surface area (Å²) in [6.07, 6.45) is 0. The molecule has 128 valence electrons. The maximum atomic E-state index is 11.9. The SMILES string of the molecule is CC(NC(=O)C(O)SC(O)C(=O)Nc1ccccc1)C(C)(C)C. The number of amides is 2. The van der Waals surface area contributed by atoms with Gasteiger partial charge in [-0.1, -0.05) is 50.7 Å². The summed E-state index contributed by atoms with van der Waals surface area (Å²) in [5.74, 6) is -1.33. The van der Waals surface area contributed by atoms with Crippen molar-refractivity contribution in [3.8, 4) is 0 Å². The Labute approximate surface area is 140 Å². The van der Waals surface area contributed by atoms with Crippen molar-refractivity contribution in [3.63, 3.8) is 0 Å². The third kappa shape index (κ3) is 6.60. The highest BCUT2D eigenvalue weighted by Crippen LogP contribution is 2.21. The molecule has 0 spiro atoms. The fourth-order valence-corrected chi connectivity index (χ4v) is 2.09. The number of para-hydroxylation sites is 1. The van der Waals surface area contributed by atoms with Gasteiger partial charge < -0.3 is 20.8 Å². The Morgan fingerprint density at radius 1 is 1.04 bits per heavy atom. The van der Waals surface area contributed by atoms with Gasteiger partial charge in [-0.15, -0.1) is 0 Å². The van der Waals surface area contributed by atoms with Gasteiger partial charge in [0, 0.05) is 11.7 Å². The molecule has 0 heterocycles. The van der Waals surface area contributed by atoms with Gasteiger partial charge in [-0.2, -0.15) is 0 Å². The van der Waals surface area contributed by atoms with E-state index in [1.54, 1.807) is 30.3 Å². The van der Waals surface area contributed by atoms with Crippen LogP contribution in [0.3, 0.4) is 0 Å². The topological polar surface area (TPSA) is 98.7 Å². The molecule has 6 nitrogen and oxygen atoms in total. The van der Waals surface area contributed by atoms with Crippen LogP contribution in [0.15, 0.2) is 30.3 Å². The van der Waals surface area contributed by atoms with Crippen molar-refractivity contribution < 1.29 is 19.8 Å². The Morgan fingerprint density at radius 3 is 2.09 bits per heavy atom. The van der Waals surface area contributed by atoms with Crippen LogP contribution >= 0.6 is 11.8 Å². The zero-order chi connectivity index (χ0) is 17.6. The molecular formula is C16H24N2O4S. The van der Waals surface area contributed by atoms with Crippen LogP contribution in [-0.4, -0.2) is 38.9 Å². The molecule has 23 heavy (non-hydrogen) atoms. The lowest BCUT2D eigenvalue weighted by Crippen LogP contribution is -2.45. The van der Waals surface area contributed by atoms with Gasteiger partial charge in [-0.3, -0.25) is 9.59 Å². The van der Waals surface area contributed by atoms with Crippen molar-refractivity contribution in [2.45, 2.75) is 44.6 Å². The molecule has 1 aromatic rings. The van der Waals surface area contributed by atoms with Crippen LogP contribution in [0.2, 0.25) is 0 Å². The molecule has 0 saturated carbocycles. The third-order valence-corrected chi connectivity index (χ3v) is 4.35. The monoisotopic (exact) mass is 340 g/mol. The minimum atomic E-state index is -1.55. The quantitative estimate of drug-likeness (QED) is 0.589. The number of rotatable bonds is 6. The number of carbonyl (C=O) groups excluding carboxylic acids is 2. The van der Waals surface area contributed by atoms with Gasteiger partial charge in [0.1, 0.15) is 0 Å². The summed E-state index contributed by atoms with van der Waals surface area (Å²) in [7, 11) is 0. The molecule has 1 rings (SSSR count). The molecule has 0 aliphatic heterocycles. The maximum Gasteiger partial charge on any atom is 0.263 e. The van der Waals surface area contributed by atoms with Crippen molar-refractivity contribution in [3.05, 3.63) is 30.3 Å². The van der Waals surface area contributed by atoms with Gasteiger partial charge in [-0.05, 0) is 24.5 Å². The summed E-state index contributed by atoms with van der Waals surface area (Å²) in [4.78, 5) is 23.7. The van der Waals surface area contributed by atoms with E-state index in [2.05, 4.69) is 10.6 Å². The van der Waals surface area contributed by atoms with Crippen LogP contribution in [0, 0.1) is 5.41 Å². The average molecular weight is 340 g/mol. The van der Waals surface area contributed by atoms with Crippen molar-refractivity contribution in [1.29, 1.82) is 0 Å². The standard InChI is InChI=1S/C16H24N2O4S/c1-10(16(2,3)4)17-12(19)14(21)23-15(22)13(20)18-11-8-6-5-7-9-11/h5-10,14-15,21-22H,1-4H3,(H,17,19)(H,18,20). The first-order chi connectivity index (χ1) is 10.6. The molecule has 7 heteroatoms. The third-order valence-electron chi connectivity index (χ3n) is 3.41. The minimum Gasteiger partial charge on any atom is -0.373 e. The first-order valence-corrected chi connectivity index (χ1v) is 8.23. The number of benzene rings is 1. The van der Waals surface area contributed by atoms with E-state index in [1.807, 2.05) is 27.7 Å². The summed E-state index contributed by atoms with van der Waals surface area (Å²) >= 11 is 0.475. The van der Waals surface area contributed by atoms with Gasteiger partial charge in [0.2, 0.25) is 0 Å². The molecular weight excluding hydrogens is 316 g/mol. The van der Waals surface area contributed by atoms with Gasteiger partial charge in [0.15, 0.2) is 10.9 Å². The van der Waals surface area contributed by atoms with Gasteiger partial charge in [0.25, 0.3) is 11.8 Å². The molecule has 2 amide bonds.